The van der Waals surface area contributed by atoms with Crippen molar-refractivity contribution in [3.05, 3.63) is 41.7 Å². The number of nitrogens with two attached hydrogens (primary N) is 1. The van der Waals surface area contributed by atoms with Crippen LogP contribution in [0.3, 0.4) is 0 Å². The molecule has 3 heterocycles. The molecular formula is C37H52N8O9S. The summed E-state index contributed by atoms with van der Waals surface area (Å²) < 4.78 is 35.3. The van der Waals surface area contributed by atoms with E-state index in [2.05, 4.69) is 25.7 Å². The normalized spacial score (nSPS) is 22.7. The third-order valence-corrected chi connectivity index (χ3v) is 13.1. The molecule has 2 aliphatic carbocycles. The number of sulfonamides is 1. The second-order valence-electron chi connectivity index (χ2n) is 15.9. The Balaban J connectivity index is 1.29. The Kier molecular flexibility index (Phi) is 12.1. The predicted molar refractivity (Wildman–Crippen MR) is 196 cm³/mol. The summed E-state index contributed by atoms with van der Waals surface area (Å²) in [6.45, 7) is 3.29. The molecule has 300 valence electrons. The zero-order valence-corrected chi connectivity index (χ0v) is 32.2. The van der Waals surface area contributed by atoms with E-state index in [0.29, 0.717) is 12.1 Å². The van der Waals surface area contributed by atoms with Gasteiger partial charge in [0.1, 0.15) is 23.2 Å². The van der Waals surface area contributed by atoms with E-state index >= 15 is 0 Å². The van der Waals surface area contributed by atoms with Crippen LogP contribution in [0.2, 0.25) is 0 Å². The highest BCUT2D eigenvalue weighted by molar-refractivity contribution is 7.89. The summed E-state index contributed by atoms with van der Waals surface area (Å²) in [5.41, 5.74) is 2.95. The molecule has 3 atom stereocenters. The molecule has 18 heteroatoms. The molecule has 1 aromatic carbocycles. The minimum atomic E-state index is -3.77. The van der Waals surface area contributed by atoms with Gasteiger partial charge in [0.15, 0.2) is 0 Å². The third-order valence-electron chi connectivity index (χ3n) is 11.5. The monoisotopic (exact) mass is 784 g/mol. The van der Waals surface area contributed by atoms with Crippen molar-refractivity contribution in [3.63, 3.8) is 0 Å². The molecule has 0 radical (unpaired) electrons. The number of aromatic nitrogens is 3. The highest BCUT2D eigenvalue weighted by Crippen LogP contribution is 2.34. The lowest BCUT2D eigenvalue weighted by molar-refractivity contribution is -0.147. The molecule has 4 aliphatic rings. The molecule has 1 aromatic heterocycles. The van der Waals surface area contributed by atoms with Gasteiger partial charge in [-0.1, -0.05) is 43.7 Å². The van der Waals surface area contributed by atoms with Crippen molar-refractivity contribution in [2.45, 2.75) is 131 Å². The van der Waals surface area contributed by atoms with Gasteiger partial charge < -0.3 is 31.1 Å². The molecule has 55 heavy (non-hydrogen) atoms. The van der Waals surface area contributed by atoms with Crippen molar-refractivity contribution in [2.24, 2.45) is 11.7 Å². The molecule has 2 aliphatic heterocycles. The minimum absolute atomic E-state index is 0.00757. The number of amides is 4. The number of benzene rings is 1. The van der Waals surface area contributed by atoms with Crippen LogP contribution in [0.15, 0.2) is 35.4 Å². The fourth-order valence-corrected chi connectivity index (χ4v) is 9.44. The third kappa shape index (κ3) is 9.08. The van der Waals surface area contributed by atoms with E-state index in [4.69, 9.17) is 10.5 Å². The van der Waals surface area contributed by atoms with Crippen LogP contribution >= 0.6 is 0 Å². The minimum Gasteiger partial charge on any atom is -0.384 e. The SMILES string of the molecule is CC(C)(O)c1cnnn1[C@H]1C[C@@H](C(=O)NC2(C(=O)C(N)=O)CCOCC2)N(C(=O)C(CC2CCCCC2)NC(=O)c2ccc(S(=O)(=O)NC3CCC3)cc2)C1. The Bertz CT molecular complexity index is 1860. The van der Waals surface area contributed by atoms with E-state index in [1.54, 1.807) is 13.8 Å². The van der Waals surface area contributed by atoms with Gasteiger partial charge in [0.25, 0.3) is 11.8 Å². The number of hydrogen-bond donors (Lipinski definition) is 5. The van der Waals surface area contributed by atoms with E-state index in [1.165, 1.54) is 40.0 Å². The van der Waals surface area contributed by atoms with Crippen LogP contribution < -0.4 is 21.1 Å². The molecule has 6 N–H and O–H groups in total. The summed E-state index contributed by atoms with van der Waals surface area (Å²) in [7, 11) is -3.77. The molecule has 6 rings (SSSR count). The first-order valence-corrected chi connectivity index (χ1v) is 20.7. The molecule has 17 nitrogen and oxygen atoms in total. The second kappa shape index (κ2) is 16.5. The van der Waals surface area contributed by atoms with Gasteiger partial charge >= 0.3 is 0 Å². The molecule has 4 fully saturated rings. The summed E-state index contributed by atoms with van der Waals surface area (Å²) in [5.74, 6) is -3.85. The van der Waals surface area contributed by atoms with Crippen LogP contribution in [0.4, 0.5) is 0 Å². The van der Waals surface area contributed by atoms with Crippen molar-refractivity contribution in [2.75, 3.05) is 19.8 Å². The Hall–Kier alpha value is -4.26. The summed E-state index contributed by atoms with van der Waals surface area (Å²) in [6.07, 6.45) is 9.02. The second-order valence-corrected chi connectivity index (χ2v) is 17.6. The lowest BCUT2D eigenvalue weighted by atomic mass is 9.84. The fraction of sp³-hybridized carbons (Fsp3) is 0.649. The van der Waals surface area contributed by atoms with Crippen LogP contribution in [0.25, 0.3) is 0 Å². The molecular weight excluding hydrogens is 733 g/mol. The lowest BCUT2D eigenvalue weighted by Gasteiger charge is -2.37. The number of Topliss-reactive ketones (excluding diaryl/α,β-unsaturated/α-hetero) is 1. The van der Waals surface area contributed by atoms with Gasteiger partial charge in [0.05, 0.1) is 22.8 Å². The van der Waals surface area contributed by atoms with Gasteiger partial charge in [-0.2, -0.15) is 0 Å². The van der Waals surface area contributed by atoms with E-state index in [1.807, 2.05) is 0 Å². The number of nitrogens with one attached hydrogen (secondary N) is 3. The average molecular weight is 785 g/mol. The number of primary amides is 1. The highest BCUT2D eigenvalue weighted by atomic mass is 32.2. The molecule has 4 amide bonds. The average Bonchev–Trinajstić information content (AvgIpc) is 3.82. The molecule has 0 spiro atoms. The smallest absolute Gasteiger partial charge is 0.287 e. The largest absolute Gasteiger partial charge is 0.384 e. The topological polar surface area (TPSA) is 245 Å². The Morgan fingerprint density at radius 1 is 1.02 bits per heavy atom. The first kappa shape index (κ1) is 40.4. The number of hydrogen-bond acceptors (Lipinski definition) is 11. The standard InChI is InChI=1S/C37H52N8O9S/c1-36(2,51)30-21-39-43-45(30)26-20-29(34(49)41-37(31(46)32(38)47)15-17-54-18-16-37)44(22-26)35(50)28(19-23-7-4-3-5-8-23)40-33(48)24-11-13-27(14-12-24)55(52,53)42-25-9-6-10-25/h11-14,21,23,25-26,28-29,42,51H,3-10,15-20,22H2,1-2H3,(H2,38,47)(H,40,48)(H,41,49)/t26-,28?,29-/m0/s1. The van der Waals surface area contributed by atoms with Crippen molar-refractivity contribution in [1.29, 1.82) is 0 Å². The zero-order chi connectivity index (χ0) is 39.5. The van der Waals surface area contributed by atoms with Gasteiger partial charge in [0.2, 0.25) is 27.6 Å². The highest BCUT2D eigenvalue weighted by Gasteiger charge is 2.49. The van der Waals surface area contributed by atoms with Crippen LogP contribution in [0, 0.1) is 5.92 Å². The number of likely N-dealkylation sites (tertiary alicyclic amines) is 1. The number of nitrogens with zero attached hydrogens (tertiary/aromatic N) is 4. The Labute approximate surface area is 320 Å². The molecule has 0 bridgehead atoms. The van der Waals surface area contributed by atoms with Crippen molar-refractivity contribution < 1.29 is 42.2 Å². The van der Waals surface area contributed by atoms with E-state index in [-0.39, 0.29) is 61.4 Å². The zero-order valence-electron chi connectivity index (χ0n) is 31.4. The van der Waals surface area contributed by atoms with Crippen molar-refractivity contribution >= 4 is 39.4 Å². The number of ketones is 1. The summed E-state index contributed by atoms with van der Waals surface area (Å²) in [6, 6.07) is 2.55. The van der Waals surface area contributed by atoms with Gasteiger partial charge in [-0.25, -0.2) is 17.8 Å². The predicted octanol–water partition coefficient (Wildman–Crippen LogP) is 0.967. The molecule has 2 aromatic rings. The molecule has 2 saturated heterocycles. The quantitative estimate of drug-likeness (QED) is 0.169. The Morgan fingerprint density at radius 2 is 1.69 bits per heavy atom. The van der Waals surface area contributed by atoms with Gasteiger partial charge in [-0.15, -0.1) is 5.10 Å². The number of aliphatic hydroxyl groups is 1. The number of rotatable bonds is 14. The lowest BCUT2D eigenvalue weighted by Crippen LogP contribution is -2.64. The maximum atomic E-state index is 14.8. The van der Waals surface area contributed by atoms with Crippen molar-refractivity contribution in [3.8, 4) is 0 Å². The number of ether oxygens (including phenoxy) is 1. The summed E-state index contributed by atoms with van der Waals surface area (Å²) in [4.78, 5) is 69.7. The van der Waals surface area contributed by atoms with Crippen molar-refractivity contribution in [1.82, 2.24) is 35.2 Å². The fourth-order valence-electron chi connectivity index (χ4n) is 8.14. The van der Waals surface area contributed by atoms with E-state index in [9.17, 15) is 37.5 Å². The molecule has 2 saturated carbocycles. The molecule has 1 unspecified atom stereocenters. The van der Waals surface area contributed by atoms with Gasteiger partial charge in [-0.3, -0.25) is 24.0 Å². The number of carbonyl (C=O) groups excluding carboxylic acids is 5. The van der Waals surface area contributed by atoms with Gasteiger partial charge in [0, 0.05) is 50.6 Å². The van der Waals surface area contributed by atoms with Crippen LogP contribution in [0.5, 0.6) is 0 Å². The van der Waals surface area contributed by atoms with Gasteiger partial charge in [-0.05, 0) is 63.3 Å². The van der Waals surface area contributed by atoms with E-state index < -0.39 is 68.7 Å². The maximum absolute atomic E-state index is 14.8. The Morgan fingerprint density at radius 3 is 2.29 bits per heavy atom. The first-order chi connectivity index (χ1) is 26.1. The number of carbonyl (C=O) groups is 5. The van der Waals surface area contributed by atoms with Crippen LogP contribution in [-0.4, -0.2) is 106 Å². The van der Waals surface area contributed by atoms with E-state index in [0.717, 1.165) is 51.4 Å². The summed E-state index contributed by atoms with van der Waals surface area (Å²) >= 11 is 0. The first-order valence-electron chi connectivity index (χ1n) is 19.2. The summed E-state index contributed by atoms with van der Waals surface area (Å²) in [5, 5.41) is 24.7. The van der Waals surface area contributed by atoms with Crippen LogP contribution in [-0.2, 0) is 39.5 Å². The van der Waals surface area contributed by atoms with Crippen LogP contribution in [0.1, 0.15) is 113 Å². The maximum Gasteiger partial charge on any atom is 0.287 e.